The Balaban J connectivity index is 1.96. The van der Waals surface area contributed by atoms with E-state index in [1.807, 2.05) is 0 Å². The number of thioether (sulfide) groups is 1. The maximum absolute atomic E-state index is 12.1. The number of nitrogens with one attached hydrogen (secondary N) is 1. The van der Waals surface area contributed by atoms with Crippen LogP contribution in [0.5, 0.6) is 0 Å². The molecule has 0 bridgehead atoms. The Labute approximate surface area is 136 Å². The fraction of sp³-hybridized carbons (Fsp3) is 0.500. The van der Waals surface area contributed by atoms with Gasteiger partial charge in [-0.15, -0.1) is 11.3 Å². The minimum Gasteiger partial charge on any atom is -0.480 e. The molecule has 2 N–H and O–H groups in total. The van der Waals surface area contributed by atoms with Gasteiger partial charge in [-0.1, -0.05) is 6.07 Å². The van der Waals surface area contributed by atoms with Gasteiger partial charge in [-0.05, 0) is 35.8 Å². The van der Waals surface area contributed by atoms with E-state index in [1.54, 1.807) is 29.3 Å². The molecule has 1 fully saturated rings. The molecule has 0 radical (unpaired) electrons. The van der Waals surface area contributed by atoms with Gasteiger partial charge in [0.25, 0.3) is 5.91 Å². The number of carbonyl (C=O) groups excluding carboxylic acids is 2. The first-order valence-electron chi connectivity index (χ1n) is 6.86. The molecule has 6 nitrogen and oxygen atoms in total. The molecule has 0 saturated carbocycles. The summed E-state index contributed by atoms with van der Waals surface area (Å²) >= 11 is 2.99. The number of aliphatic carboxylic acids is 1. The quantitative estimate of drug-likeness (QED) is 0.842. The minimum absolute atomic E-state index is 0.154. The summed E-state index contributed by atoms with van der Waals surface area (Å²) in [6.45, 7) is -0.154. The van der Waals surface area contributed by atoms with Crippen LogP contribution in [-0.2, 0) is 9.59 Å². The number of amides is 2. The minimum atomic E-state index is -1.20. The van der Waals surface area contributed by atoms with E-state index in [9.17, 15) is 19.5 Å². The van der Waals surface area contributed by atoms with Crippen LogP contribution in [0.3, 0.4) is 0 Å². The highest BCUT2D eigenvalue weighted by atomic mass is 32.2. The van der Waals surface area contributed by atoms with Gasteiger partial charge in [0.15, 0.2) is 0 Å². The van der Waals surface area contributed by atoms with Crippen molar-refractivity contribution >= 4 is 40.9 Å². The Hall–Kier alpha value is -1.54. The lowest BCUT2D eigenvalue weighted by Gasteiger charge is -2.34. The molecule has 0 aromatic carbocycles. The standard InChI is InChI=1S/C14H18N2O4S2/c1-16(12(18)10-3-2-6-22-10)9-11(17)15-14(13(19)20)4-7-21-8-5-14/h2-3,6H,4-5,7-9H2,1H3,(H,15,17)(H,19,20). The van der Waals surface area contributed by atoms with E-state index >= 15 is 0 Å². The molecule has 1 aliphatic heterocycles. The molecule has 0 atom stereocenters. The van der Waals surface area contributed by atoms with Crippen LogP contribution in [0.15, 0.2) is 17.5 Å². The molecule has 0 unspecified atom stereocenters. The second-order valence-electron chi connectivity index (χ2n) is 5.19. The van der Waals surface area contributed by atoms with Crippen molar-refractivity contribution in [1.82, 2.24) is 10.2 Å². The van der Waals surface area contributed by atoms with Crippen LogP contribution in [0.1, 0.15) is 22.5 Å². The lowest BCUT2D eigenvalue weighted by atomic mass is 9.92. The zero-order valence-corrected chi connectivity index (χ0v) is 13.8. The third-order valence-corrected chi connectivity index (χ3v) is 5.44. The van der Waals surface area contributed by atoms with Crippen molar-refractivity contribution in [2.75, 3.05) is 25.1 Å². The van der Waals surface area contributed by atoms with Crippen molar-refractivity contribution in [2.45, 2.75) is 18.4 Å². The van der Waals surface area contributed by atoms with Gasteiger partial charge in [-0.25, -0.2) is 4.79 Å². The fourth-order valence-electron chi connectivity index (χ4n) is 2.29. The van der Waals surface area contributed by atoms with Gasteiger partial charge in [0.1, 0.15) is 5.54 Å². The van der Waals surface area contributed by atoms with Crippen molar-refractivity contribution in [3.8, 4) is 0 Å². The summed E-state index contributed by atoms with van der Waals surface area (Å²) in [7, 11) is 1.53. The molecule has 0 spiro atoms. The normalized spacial score (nSPS) is 16.8. The van der Waals surface area contributed by atoms with Gasteiger partial charge in [0.2, 0.25) is 5.91 Å². The van der Waals surface area contributed by atoms with Gasteiger partial charge in [-0.3, -0.25) is 9.59 Å². The fourth-order valence-corrected chi connectivity index (χ4v) is 4.20. The SMILES string of the molecule is CN(CC(=O)NC1(C(=O)O)CCSCC1)C(=O)c1cccs1. The first-order valence-corrected chi connectivity index (χ1v) is 8.89. The van der Waals surface area contributed by atoms with Crippen LogP contribution in [0, 0.1) is 0 Å². The molecule has 22 heavy (non-hydrogen) atoms. The van der Waals surface area contributed by atoms with Gasteiger partial charge in [0, 0.05) is 7.05 Å². The Morgan fingerprint density at radius 1 is 1.36 bits per heavy atom. The molecular formula is C14H18N2O4S2. The predicted octanol–water partition coefficient (Wildman–Crippen LogP) is 1.29. The number of nitrogens with zero attached hydrogens (tertiary/aromatic N) is 1. The Morgan fingerprint density at radius 3 is 2.59 bits per heavy atom. The highest BCUT2D eigenvalue weighted by Gasteiger charge is 2.41. The molecule has 1 saturated heterocycles. The number of carboxylic acid groups (broad SMARTS) is 1. The van der Waals surface area contributed by atoms with Gasteiger partial charge in [0.05, 0.1) is 11.4 Å². The highest BCUT2D eigenvalue weighted by Crippen LogP contribution is 2.27. The maximum Gasteiger partial charge on any atom is 0.329 e. The average molecular weight is 342 g/mol. The van der Waals surface area contributed by atoms with E-state index in [1.165, 1.54) is 23.3 Å². The van der Waals surface area contributed by atoms with E-state index in [4.69, 9.17) is 0 Å². The largest absolute Gasteiger partial charge is 0.480 e. The van der Waals surface area contributed by atoms with E-state index < -0.39 is 17.4 Å². The summed E-state index contributed by atoms with van der Waals surface area (Å²) in [5, 5.41) is 13.8. The molecule has 1 aliphatic rings. The van der Waals surface area contributed by atoms with Gasteiger partial charge in [-0.2, -0.15) is 11.8 Å². The van der Waals surface area contributed by atoms with Crippen LogP contribution in [-0.4, -0.2) is 58.4 Å². The zero-order valence-electron chi connectivity index (χ0n) is 12.2. The summed E-state index contributed by atoms with van der Waals surface area (Å²) in [5.41, 5.74) is -1.20. The Bertz CT molecular complexity index is 553. The molecule has 1 aromatic heterocycles. The summed E-state index contributed by atoms with van der Waals surface area (Å²) < 4.78 is 0. The number of thiophene rings is 1. The van der Waals surface area contributed by atoms with Crippen LogP contribution < -0.4 is 5.32 Å². The van der Waals surface area contributed by atoms with Crippen LogP contribution in [0.2, 0.25) is 0 Å². The number of hydrogen-bond acceptors (Lipinski definition) is 5. The second-order valence-corrected chi connectivity index (χ2v) is 7.36. The first-order chi connectivity index (χ1) is 10.4. The molecule has 2 rings (SSSR count). The molecule has 2 heterocycles. The lowest BCUT2D eigenvalue weighted by molar-refractivity contribution is -0.148. The Kier molecular flexibility index (Phi) is 5.47. The lowest BCUT2D eigenvalue weighted by Crippen LogP contribution is -2.58. The van der Waals surface area contributed by atoms with E-state index in [-0.39, 0.29) is 12.5 Å². The topological polar surface area (TPSA) is 86.7 Å². The number of hydrogen-bond donors (Lipinski definition) is 2. The molecule has 2 amide bonds. The molecule has 120 valence electrons. The number of likely N-dealkylation sites (N-methyl/N-ethyl adjacent to an activating group) is 1. The maximum atomic E-state index is 12.1. The smallest absolute Gasteiger partial charge is 0.329 e. The molecular weight excluding hydrogens is 324 g/mol. The number of rotatable bonds is 5. The van der Waals surface area contributed by atoms with E-state index in [2.05, 4.69) is 5.32 Å². The Morgan fingerprint density at radius 2 is 2.05 bits per heavy atom. The van der Waals surface area contributed by atoms with E-state index in [0.29, 0.717) is 29.2 Å². The average Bonchev–Trinajstić information content (AvgIpc) is 3.01. The van der Waals surface area contributed by atoms with Crippen molar-refractivity contribution in [2.24, 2.45) is 0 Å². The molecule has 8 heteroatoms. The van der Waals surface area contributed by atoms with Crippen molar-refractivity contribution in [3.63, 3.8) is 0 Å². The second kappa shape index (κ2) is 7.15. The van der Waals surface area contributed by atoms with Crippen molar-refractivity contribution in [1.29, 1.82) is 0 Å². The van der Waals surface area contributed by atoms with E-state index in [0.717, 1.165) is 0 Å². The van der Waals surface area contributed by atoms with Crippen LogP contribution in [0.25, 0.3) is 0 Å². The zero-order chi connectivity index (χ0) is 16.2. The highest BCUT2D eigenvalue weighted by molar-refractivity contribution is 7.99. The predicted molar refractivity (Wildman–Crippen MR) is 86.3 cm³/mol. The number of carboxylic acids is 1. The number of carbonyl (C=O) groups is 3. The van der Waals surface area contributed by atoms with Crippen LogP contribution >= 0.6 is 23.1 Å². The first kappa shape index (κ1) is 16.8. The summed E-state index contributed by atoms with van der Waals surface area (Å²) in [6, 6.07) is 3.46. The third-order valence-electron chi connectivity index (χ3n) is 3.59. The van der Waals surface area contributed by atoms with Gasteiger partial charge >= 0.3 is 5.97 Å². The summed E-state index contributed by atoms with van der Waals surface area (Å²) in [5.74, 6) is -0.281. The van der Waals surface area contributed by atoms with Crippen molar-refractivity contribution in [3.05, 3.63) is 22.4 Å². The summed E-state index contributed by atoms with van der Waals surface area (Å²) in [6.07, 6.45) is 0.808. The molecule has 1 aromatic rings. The third kappa shape index (κ3) is 3.80. The van der Waals surface area contributed by atoms with Crippen LogP contribution in [0.4, 0.5) is 0 Å². The van der Waals surface area contributed by atoms with Gasteiger partial charge < -0.3 is 15.3 Å². The summed E-state index contributed by atoms with van der Waals surface area (Å²) in [4.78, 5) is 37.6. The monoisotopic (exact) mass is 342 g/mol. The molecule has 0 aliphatic carbocycles. The van der Waals surface area contributed by atoms with Crippen molar-refractivity contribution < 1.29 is 19.5 Å².